The number of nitrogens with zero attached hydrogens (tertiary/aromatic N) is 6. The average molecular weight is 445 g/mol. The van der Waals surface area contributed by atoms with Crippen LogP contribution in [0, 0.1) is 0 Å². The van der Waals surface area contributed by atoms with Crippen molar-refractivity contribution in [1.82, 2.24) is 24.2 Å². The normalized spacial score (nSPS) is 17.8. The Hall–Kier alpha value is -3.40. The molecule has 1 aliphatic rings. The highest BCUT2D eigenvalue weighted by molar-refractivity contribution is 6.30. The number of benzene rings is 1. The highest BCUT2D eigenvalue weighted by Gasteiger charge is 2.35. The van der Waals surface area contributed by atoms with Gasteiger partial charge in [0.2, 0.25) is 5.89 Å². The molecule has 4 rings (SSSR count). The molecule has 1 fully saturated rings. The molecule has 2 heterocycles. The fourth-order valence-electron chi connectivity index (χ4n) is 3.40. The van der Waals surface area contributed by atoms with Crippen LogP contribution in [0.2, 0.25) is 5.02 Å². The first kappa shape index (κ1) is 20.9. The molecule has 0 unspecified atom stereocenters. The summed E-state index contributed by atoms with van der Waals surface area (Å²) in [6, 6.07) is 7.02. The molecule has 1 aromatic carbocycles. The smallest absolute Gasteiger partial charge is 0.437 e. The van der Waals surface area contributed by atoms with Gasteiger partial charge < -0.3 is 18.6 Å². The lowest BCUT2D eigenvalue weighted by Crippen LogP contribution is -2.39. The molecule has 0 radical (unpaired) electrons. The first-order valence-corrected chi connectivity index (χ1v) is 9.97. The molecule has 0 spiro atoms. The molecule has 3 aromatic rings. The Kier molecular flexibility index (Phi) is 5.64. The van der Waals surface area contributed by atoms with Crippen molar-refractivity contribution in [3.05, 3.63) is 57.8 Å². The van der Waals surface area contributed by atoms with Gasteiger partial charge in [0.15, 0.2) is 11.5 Å². The monoisotopic (exact) mass is 444 g/mol. The van der Waals surface area contributed by atoms with Gasteiger partial charge in [-0.25, -0.2) is 14.8 Å². The summed E-state index contributed by atoms with van der Waals surface area (Å²) in [5.41, 5.74) is 0.292. The Balaban J connectivity index is 1.37. The van der Waals surface area contributed by atoms with Crippen molar-refractivity contribution in [3.8, 4) is 5.75 Å². The van der Waals surface area contributed by atoms with Gasteiger partial charge in [-0.3, -0.25) is 4.79 Å². The zero-order valence-electron chi connectivity index (χ0n) is 17.1. The summed E-state index contributed by atoms with van der Waals surface area (Å²) < 4.78 is 14.0. The lowest BCUT2D eigenvalue weighted by atomic mass is 9.89. The number of carbonyl (C=O) groups is 1. The number of hydrogen-bond acceptors (Lipinski definition) is 7. The molecule has 1 aliphatic carbocycles. The van der Waals surface area contributed by atoms with Crippen LogP contribution < -0.4 is 10.5 Å². The van der Waals surface area contributed by atoms with E-state index in [-0.39, 0.29) is 36.3 Å². The Labute approximate surface area is 182 Å². The van der Waals surface area contributed by atoms with E-state index < -0.39 is 5.76 Å². The fraction of sp³-hybridized carbons (Fsp3) is 0.350. The molecule has 0 N–H and O–H groups in total. The molecule has 0 bridgehead atoms. The van der Waals surface area contributed by atoms with Crippen LogP contribution in [-0.2, 0) is 13.6 Å². The van der Waals surface area contributed by atoms with E-state index in [9.17, 15) is 9.59 Å². The summed E-state index contributed by atoms with van der Waals surface area (Å²) in [7, 11) is 3.28. The van der Waals surface area contributed by atoms with Crippen molar-refractivity contribution in [1.29, 1.82) is 0 Å². The van der Waals surface area contributed by atoms with Crippen LogP contribution in [0.25, 0.3) is 0 Å². The molecule has 0 saturated heterocycles. The van der Waals surface area contributed by atoms with E-state index in [2.05, 4.69) is 21.8 Å². The zero-order chi connectivity index (χ0) is 22.1. The van der Waals surface area contributed by atoms with E-state index >= 15 is 0 Å². The highest BCUT2D eigenvalue weighted by Crippen LogP contribution is 2.34. The minimum atomic E-state index is -0.556. The Morgan fingerprint density at radius 2 is 2.10 bits per heavy atom. The minimum absolute atomic E-state index is 0.0165. The third kappa shape index (κ3) is 4.24. The van der Waals surface area contributed by atoms with Crippen LogP contribution in [0.5, 0.6) is 5.75 Å². The second-order valence-corrected chi connectivity index (χ2v) is 7.81. The Morgan fingerprint density at radius 1 is 1.39 bits per heavy atom. The molecular weight excluding hydrogens is 424 g/mol. The maximum absolute atomic E-state index is 12.7. The second kappa shape index (κ2) is 8.38. The van der Waals surface area contributed by atoms with Crippen molar-refractivity contribution < 1.29 is 13.9 Å². The summed E-state index contributed by atoms with van der Waals surface area (Å²) >= 11 is 5.88. The first-order valence-electron chi connectivity index (χ1n) is 9.60. The molecule has 10 nitrogen and oxygen atoms in total. The minimum Gasteiger partial charge on any atom is -0.490 e. The number of aromatic nitrogens is 4. The van der Waals surface area contributed by atoms with E-state index in [4.69, 9.17) is 20.8 Å². The van der Waals surface area contributed by atoms with Gasteiger partial charge in [0.05, 0.1) is 18.9 Å². The second-order valence-electron chi connectivity index (χ2n) is 7.37. The number of imidazole rings is 1. The van der Waals surface area contributed by atoms with E-state index in [0.717, 1.165) is 5.75 Å². The molecule has 1 saturated carbocycles. The van der Waals surface area contributed by atoms with Gasteiger partial charge in [-0.05, 0) is 31.0 Å². The largest absolute Gasteiger partial charge is 0.490 e. The van der Waals surface area contributed by atoms with Gasteiger partial charge in [-0.1, -0.05) is 11.6 Å². The number of carbonyl (C=O) groups excluding carboxylic acids is 1. The maximum atomic E-state index is 12.7. The summed E-state index contributed by atoms with van der Waals surface area (Å²) in [4.78, 5) is 34.2. The maximum Gasteiger partial charge on any atom is 0.437 e. The molecule has 11 heteroatoms. The molecule has 2 aromatic heterocycles. The number of aliphatic imine (C=N–C) groups is 1. The van der Waals surface area contributed by atoms with Gasteiger partial charge in [0, 0.05) is 32.0 Å². The first-order chi connectivity index (χ1) is 14.9. The average Bonchev–Trinajstić information content (AvgIpc) is 3.26. The van der Waals surface area contributed by atoms with Crippen LogP contribution in [0.15, 0.2) is 44.8 Å². The number of ether oxygens (including phenoxy) is 1. The van der Waals surface area contributed by atoms with E-state index in [1.165, 1.54) is 15.9 Å². The van der Waals surface area contributed by atoms with Crippen LogP contribution >= 0.6 is 11.6 Å². The van der Waals surface area contributed by atoms with Gasteiger partial charge >= 0.3 is 5.76 Å². The summed E-state index contributed by atoms with van der Waals surface area (Å²) in [6.45, 7) is 3.46. The third-order valence-corrected chi connectivity index (χ3v) is 5.38. The molecule has 0 atom stereocenters. The summed E-state index contributed by atoms with van der Waals surface area (Å²) in [5, 5.41) is 4.91. The van der Waals surface area contributed by atoms with Crippen LogP contribution in [0.4, 0.5) is 5.82 Å². The number of rotatable bonds is 7. The fourth-order valence-corrected chi connectivity index (χ4v) is 3.52. The third-order valence-electron chi connectivity index (χ3n) is 5.13. The van der Waals surface area contributed by atoms with Crippen LogP contribution in [-0.4, -0.2) is 50.0 Å². The molecule has 1 amide bonds. The zero-order valence-corrected chi connectivity index (χ0v) is 17.8. The SMILES string of the molecule is C=Nc1ncn(C)c1C(=O)N(C)Cc1nn(C2CC(Oc3ccc(Cl)cc3)C2)c(=O)o1. The van der Waals surface area contributed by atoms with E-state index in [0.29, 0.717) is 23.6 Å². The van der Waals surface area contributed by atoms with E-state index in [1.807, 2.05) is 0 Å². The molecule has 0 aliphatic heterocycles. The van der Waals surface area contributed by atoms with Gasteiger partial charge in [-0.15, -0.1) is 5.10 Å². The summed E-state index contributed by atoms with van der Waals surface area (Å²) in [6.07, 6.45) is 2.73. The predicted molar refractivity (Wildman–Crippen MR) is 113 cm³/mol. The standard InChI is InChI=1S/C20H21ClN6O4/c1-22-18-17(26(3)11-23-18)19(28)25(2)10-16-24-27(20(29)31-16)13-8-15(9-13)30-14-6-4-12(21)5-7-14/h4-7,11,13,15H,1,8-10H2,2-3H3. The molecule has 31 heavy (non-hydrogen) atoms. The number of hydrogen-bond donors (Lipinski definition) is 0. The quantitative estimate of drug-likeness (QED) is 0.518. The predicted octanol–water partition coefficient (Wildman–Crippen LogP) is 2.61. The van der Waals surface area contributed by atoms with Gasteiger partial charge in [0.25, 0.3) is 5.91 Å². The topological polar surface area (TPSA) is 108 Å². The van der Waals surface area contributed by atoms with Gasteiger partial charge in [-0.2, -0.15) is 4.68 Å². The van der Waals surface area contributed by atoms with Crippen LogP contribution in [0.1, 0.15) is 35.3 Å². The molecular formula is C20H21ClN6O4. The molecule has 162 valence electrons. The van der Waals surface area contributed by atoms with Crippen molar-refractivity contribution >= 4 is 30.0 Å². The van der Waals surface area contributed by atoms with Crippen molar-refractivity contribution in [2.45, 2.75) is 31.5 Å². The number of halogens is 1. The number of aryl methyl sites for hydroxylation is 1. The lowest BCUT2D eigenvalue weighted by molar-refractivity contribution is 0.0616. The Morgan fingerprint density at radius 3 is 2.77 bits per heavy atom. The van der Waals surface area contributed by atoms with Crippen molar-refractivity contribution in [3.63, 3.8) is 0 Å². The number of amides is 1. The highest BCUT2D eigenvalue weighted by atomic mass is 35.5. The van der Waals surface area contributed by atoms with Crippen LogP contribution in [0.3, 0.4) is 0 Å². The van der Waals surface area contributed by atoms with E-state index in [1.54, 1.807) is 42.9 Å². The Bertz CT molecular complexity index is 1160. The van der Waals surface area contributed by atoms with Crippen molar-refractivity contribution in [2.75, 3.05) is 7.05 Å². The lowest BCUT2D eigenvalue weighted by Gasteiger charge is -2.34. The van der Waals surface area contributed by atoms with Gasteiger partial charge in [0.1, 0.15) is 11.9 Å². The van der Waals surface area contributed by atoms with Crippen molar-refractivity contribution in [2.24, 2.45) is 12.0 Å². The summed E-state index contributed by atoms with van der Waals surface area (Å²) in [5.74, 6) is 0.231.